The first-order valence-corrected chi connectivity index (χ1v) is 7.10. The molecule has 0 unspecified atom stereocenters. The van der Waals surface area contributed by atoms with E-state index in [2.05, 4.69) is 23.8 Å². The van der Waals surface area contributed by atoms with Gasteiger partial charge in [-0.05, 0) is 24.5 Å². The van der Waals surface area contributed by atoms with Crippen LogP contribution >= 0.6 is 22.9 Å². The molecule has 18 heavy (non-hydrogen) atoms. The van der Waals surface area contributed by atoms with Crippen molar-refractivity contribution in [2.24, 2.45) is 11.7 Å². The minimum Gasteiger partial charge on any atom is -0.326 e. The van der Waals surface area contributed by atoms with Gasteiger partial charge in [-0.15, -0.1) is 11.3 Å². The highest BCUT2D eigenvalue weighted by Gasteiger charge is 2.13. The number of hydrogen-bond acceptors (Lipinski definition) is 4. The molecule has 0 amide bonds. The summed E-state index contributed by atoms with van der Waals surface area (Å²) in [6.45, 7) is 4.90. The third-order valence-electron chi connectivity index (χ3n) is 2.51. The number of rotatable bonds is 4. The molecule has 0 aliphatic heterocycles. The van der Waals surface area contributed by atoms with E-state index in [0.717, 1.165) is 27.7 Å². The molecular weight excluding hydrogens is 266 g/mol. The van der Waals surface area contributed by atoms with Gasteiger partial charge in [0.2, 0.25) is 0 Å². The van der Waals surface area contributed by atoms with E-state index < -0.39 is 0 Å². The van der Waals surface area contributed by atoms with E-state index in [9.17, 15) is 0 Å². The van der Waals surface area contributed by atoms with Gasteiger partial charge >= 0.3 is 0 Å². The van der Waals surface area contributed by atoms with Crippen LogP contribution in [0.2, 0.25) is 5.02 Å². The van der Waals surface area contributed by atoms with Crippen LogP contribution in [0.15, 0.2) is 18.3 Å². The molecule has 2 heterocycles. The Morgan fingerprint density at radius 1 is 1.39 bits per heavy atom. The zero-order valence-electron chi connectivity index (χ0n) is 10.5. The van der Waals surface area contributed by atoms with Crippen LogP contribution in [0.5, 0.6) is 0 Å². The number of nitrogens with two attached hydrogens (primary N) is 1. The van der Waals surface area contributed by atoms with Crippen molar-refractivity contribution < 1.29 is 0 Å². The molecule has 2 aromatic rings. The van der Waals surface area contributed by atoms with Gasteiger partial charge in [-0.1, -0.05) is 25.4 Å². The Morgan fingerprint density at radius 3 is 2.72 bits per heavy atom. The van der Waals surface area contributed by atoms with Gasteiger partial charge in [-0.2, -0.15) is 0 Å². The summed E-state index contributed by atoms with van der Waals surface area (Å²) in [6, 6.07) is 3.72. The average Bonchev–Trinajstić information content (AvgIpc) is 2.72. The summed E-state index contributed by atoms with van der Waals surface area (Å²) < 4.78 is 0. The van der Waals surface area contributed by atoms with Crippen LogP contribution in [-0.2, 0) is 13.0 Å². The van der Waals surface area contributed by atoms with Crippen LogP contribution in [-0.4, -0.2) is 9.97 Å². The van der Waals surface area contributed by atoms with E-state index >= 15 is 0 Å². The minimum absolute atomic E-state index is 0.535. The Morgan fingerprint density at radius 2 is 2.17 bits per heavy atom. The molecule has 0 bridgehead atoms. The molecule has 0 saturated carbocycles. The fraction of sp³-hybridized carbons (Fsp3) is 0.385. The second-order valence-electron chi connectivity index (χ2n) is 4.55. The second kappa shape index (κ2) is 5.78. The maximum Gasteiger partial charge on any atom is 0.142 e. The van der Waals surface area contributed by atoms with E-state index in [0.29, 0.717) is 17.5 Å². The van der Waals surface area contributed by atoms with Gasteiger partial charge in [0.25, 0.3) is 0 Å². The molecule has 0 atom stereocenters. The van der Waals surface area contributed by atoms with Gasteiger partial charge in [0.1, 0.15) is 5.01 Å². The first kappa shape index (κ1) is 13.5. The lowest BCUT2D eigenvalue weighted by atomic mass is 10.1. The predicted molar refractivity (Wildman–Crippen MR) is 76.8 cm³/mol. The number of pyridine rings is 1. The van der Waals surface area contributed by atoms with Crippen LogP contribution in [0, 0.1) is 5.92 Å². The highest BCUT2D eigenvalue weighted by atomic mass is 35.5. The summed E-state index contributed by atoms with van der Waals surface area (Å²) in [7, 11) is 0. The zero-order chi connectivity index (χ0) is 13.1. The quantitative estimate of drug-likeness (QED) is 0.933. The van der Waals surface area contributed by atoms with Crippen LogP contribution < -0.4 is 5.73 Å². The smallest absolute Gasteiger partial charge is 0.142 e. The Balaban J connectivity index is 2.34. The third kappa shape index (κ3) is 3.07. The summed E-state index contributed by atoms with van der Waals surface area (Å²) in [5, 5.41) is 1.56. The molecule has 0 fully saturated rings. The van der Waals surface area contributed by atoms with Crippen LogP contribution in [0.25, 0.3) is 10.7 Å². The SMILES string of the molecule is CC(C)Cc1nc(-c2ccc(Cl)cn2)sc1CN. The molecule has 2 aromatic heterocycles. The fourth-order valence-corrected chi connectivity index (χ4v) is 2.76. The molecule has 0 radical (unpaired) electrons. The summed E-state index contributed by atoms with van der Waals surface area (Å²) in [5.41, 5.74) is 7.73. The average molecular weight is 282 g/mol. The Kier molecular flexibility index (Phi) is 4.32. The van der Waals surface area contributed by atoms with E-state index in [-0.39, 0.29) is 0 Å². The minimum atomic E-state index is 0.535. The van der Waals surface area contributed by atoms with Gasteiger partial charge in [-0.3, -0.25) is 4.98 Å². The highest BCUT2D eigenvalue weighted by Crippen LogP contribution is 2.28. The molecule has 0 spiro atoms. The van der Waals surface area contributed by atoms with E-state index in [4.69, 9.17) is 17.3 Å². The maximum atomic E-state index is 5.83. The highest BCUT2D eigenvalue weighted by molar-refractivity contribution is 7.15. The lowest BCUT2D eigenvalue weighted by Crippen LogP contribution is -2.02. The first-order chi connectivity index (χ1) is 8.60. The van der Waals surface area contributed by atoms with Crippen molar-refractivity contribution in [3.05, 3.63) is 33.9 Å². The largest absolute Gasteiger partial charge is 0.326 e. The van der Waals surface area contributed by atoms with Crippen molar-refractivity contribution in [2.45, 2.75) is 26.8 Å². The van der Waals surface area contributed by atoms with Gasteiger partial charge in [-0.25, -0.2) is 4.98 Å². The molecule has 96 valence electrons. The zero-order valence-corrected chi connectivity index (χ0v) is 12.1. The lowest BCUT2D eigenvalue weighted by Gasteiger charge is -2.02. The second-order valence-corrected chi connectivity index (χ2v) is 6.07. The van der Waals surface area contributed by atoms with Gasteiger partial charge < -0.3 is 5.73 Å². The topological polar surface area (TPSA) is 51.8 Å². The first-order valence-electron chi connectivity index (χ1n) is 5.90. The molecule has 2 rings (SSSR count). The van der Waals surface area contributed by atoms with Gasteiger partial charge in [0, 0.05) is 17.6 Å². The van der Waals surface area contributed by atoms with E-state index in [1.165, 1.54) is 0 Å². The Bertz CT molecular complexity index is 520. The van der Waals surface area contributed by atoms with Crippen molar-refractivity contribution in [1.82, 2.24) is 9.97 Å². The lowest BCUT2D eigenvalue weighted by molar-refractivity contribution is 0.634. The number of nitrogens with zero attached hydrogens (tertiary/aromatic N) is 2. The van der Waals surface area contributed by atoms with Crippen molar-refractivity contribution in [1.29, 1.82) is 0 Å². The normalized spacial score (nSPS) is 11.2. The number of halogens is 1. The van der Waals surface area contributed by atoms with Crippen molar-refractivity contribution >= 4 is 22.9 Å². The molecular formula is C13H16ClN3S. The summed E-state index contributed by atoms with van der Waals surface area (Å²) in [5.74, 6) is 0.573. The van der Waals surface area contributed by atoms with Crippen molar-refractivity contribution in [3.63, 3.8) is 0 Å². The Hall–Kier alpha value is -0.970. The van der Waals surface area contributed by atoms with Crippen LogP contribution in [0.1, 0.15) is 24.4 Å². The molecule has 0 saturated heterocycles. The number of hydrogen-bond donors (Lipinski definition) is 1. The molecule has 0 aromatic carbocycles. The third-order valence-corrected chi connectivity index (χ3v) is 3.88. The Labute approximate surface area is 116 Å². The molecule has 5 heteroatoms. The molecule has 0 aliphatic rings. The predicted octanol–water partition coefficient (Wildman–Crippen LogP) is 3.52. The number of thiazole rings is 1. The monoisotopic (exact) mass is 281 g/mol. The standard InChI is InChI=1S/C13H16ClN3S/c1-8(2)5-11-12(6-15)18-13(17-11)10-4-3-9(14)7-16-10/h3-4,7-8H,5-6,15H2,1-2H3. The maximum absolute atomic E-state index is 5.83. The summed E-state index contributed by atoms with van der Waals surface area (Å²) in [6.07, 6.45) is 2.60. The number of aromatic nitrogens is 2. The van der Waals surface area contributed by atoms with E-state index in [1.807, 2.05) is 12.1 Å². The molecule has 3 nitrogen and oxygen atoms in total. The summed E-state index contributed by atoms with van der Waals surface area (Å²) >= 11 is 7.45. The van der Waals surface area contributed by atoms with Crippen molar-refractivity contribution in [3.8, 4) is 10.7 Å². The van der Waals surface area contributed by atoms with Crippen LogP contribution in [0.4, 0.5) is 0 Å². The fourth-order valence-electron chi connectivity index (χ4n) is 1.70. The van der Waals surface area contributed by atoms with Crippen LogP contribution in [0.3, 0.4) is 0 Å². The molecule has 0 aliphatic carbocycles. The van der Waals surface area contributed by atoms with Gasteiger partial charge in [0.05, 0.1) is 16.4 Å². The van der Waals surface area contributed by atoms with E-state index in [1.54, 1.807) is 17.5 Å². The summed E-state index contributed by atoms with van der Waals surface area (Å²) in [4.78, 5) is 10.1. The van der Waals surface area contributed by atoms with Crippen molar-refractivity contribution in [2.75, 3.05) is 0 Å². The van der Waals surface area contributed by atoms with Gasteiger partial charge in [0.15, 0.2) is 0 Å². The molecule has 2 N–H and O–H groups in total.